The predicted octanol–water partition coefficient (Wildman–Crippen LogP) is 2.29. The van der Waals surface area contributed by atoms with Gasteiger partial charge in [-0.05, 0) is 37.8 Å². The Morgan fingerprint density at radius 3 is 2.37 bits per heavy atom. The van der Waals surface area contributed by atoms with Gasteiger partial charge in [0.25, 0.3) is 0 Å². The second kappa shape index (κ2) is 9.73. The summed E-state index contributed by atoms with van der Waals surface area (Å²) in [6, 6.07) is 0. The maximum atomic E-state index is 3.43. The molecule has 2 aliphatic heterocycles. The van der Waals surface area contributed by atoms with Gasteiger partial charge in [-0.15, -0.1) is 0 Å². The summed E-state index contributed by atoms with van der Waals surface area (Å²) in [7, 11) is 0. The Hall–Kier alpha value is -0.120. The number of rotatable bonds is 5. The van der Waals surface area contributed by atoms with Gasteiger partial charge in [-0.2, -0.15) is 0 Å². The minimum Gasteiger partial charge on any atom is -0.314 e. The van der Waals surface area contributed by atoms with Gasteiger partial charge >= 0.3 is 0 Å². The molecule has 2 aliphatic rings. The van der Waals surface area contributed by atoms with E-state index >= 15 is 0 Å². The lowest BCUT2D eigenvalue weighted by molar-refractivity contribution is 0.202. The average Bonchev–Trinajstić information content (AvgIpc) is 2.87. The molecule has 0 unspecified atom stereocenters. The van der Waals surface area contributed by atoms with Crippen LogP contribution in [0.25, 0.3) is 0 Å². The molecule has 2 fully saturated rings. The number of nitrogens with one attached hydrogen (secondary N) is 1. The third-order valence-electron chi connectivity index (χ3n) is 4.12. The Bertz CT molecular complexity index is 212. The van der Waals surface area contributed by atoms with Gasteiger partial charge in [0.05, 0.1) is 0 Å². The van der Waals surface area contributed by atoms with Crippen molar-refractivity contribution >= 4 is 0 Å². The van der Waals surface area contributed by atoms with E-state index in [1.165, 1.54) is 65.2 Å². The van der Waals surface area contributed by atoms with Crippen LogP contribution < -0.4 is 5.32 Å². The van der Waals surface area contributed by atoms with Crippen LogP contribution in [0.1, 0.15) is 40.5 Å². The van der Waals surface area contributed by atoms with E-state index in [9.17, 15) is 0 Å². The largest absolute Gasteiger partial charge is 0.314 e. The van der Waals surface area contributed by atoms with Crippen LogP contribution >= 0.6 is 0 Å². The van der Waals surface area contributed by atoms with Gasteiger partial charge in [-0.25, -0.2) is 0 Å². The van der Waals surface area contributed by atoms with E-state index in [1.807, 2.05) is 13.8 Å². The number of piperazine rings is 1. The highest BCUT2D eigenvalue weighted by atomic mass is 15.2. The van der Waals surface area contributed by atoms with Crippen LogP contribution in [-0.2, 0) is 0 Å². The number of nitrogens with zero attached hydrogens (tertiary/aromatic N) is 2. The average molecular weight is 269 g/mol. The van der Waals surface area contributed by atoms with Crippen LogP contribution in [-0.4, -0.2) is 62.2 Å². The predicted molar refractivity (Wildman–Crippen MR) is 84.7 cm³/mol. The van der Waals surface area contributed by atoms with Crippen molar-refractivity contribution in [2.24, 2.45) is 11.8 Å². The van der Waals surface area contributed by atoms with Gasteiger partial charge in [-0.3, -0.25) is 0 Å². The van der Waals surface area contributed by atoms with E-state index < -0.39 is 0 Å². The summed E-state index contributed by atoms with van der Waals surface area (Å²) >= 11 is 0. The minimum atomic E-state index is 0.849. The summed E-state index contributed by atoms with van der Waals surface area (Å²) < 4.78 is 0. The zero-order valence-electron chi connectivity index (χ0n) is 13.6. The molecule has 1 N–H and O–H groups in total. The lowest BCUT2D eigenvalue weighted by atomic mass is 10.1. The topological polar surface area (TPSA) is 18.5 Å². The fourth-order valence-corrected chi connectivity index (χ4v) is 2.96. The molecular formula is C16H35N3. The minimum absolute atomic E-state index is 0.849. The molecule has 3 heteroatoms. The smallest absolute Gasteiger partial charge is 0.0107 e. The first kappa shape index (κ1) is 16.9. The maximum Gasteiger partial charge on any atom is 0.0107 e. The fraction of sp³-hybridized carbons (Fsp3) is 1.00. The molecule has 19 heavy (non-hydrogen) atoms. The summed E-state index contributed by atoms with van der Waals surface area (Å²) in [5.41, 5.74) is 0. The standard InChI is InChI=1S/C14H29N3.C2H6/c1-13(2)3-7-16-8-4-14(11-16)12-17-9-5-15-6-10-17;1-2/h13-15H,3-12H2,1-2H3;1-2H3/t14-;/m1./s1. The summed E-state index contributed by atoms with van der Waals surface area (Å²) in [6.45, 7) is 18.9. The van der Waals surface area contributed by atoms with Crippen LogP contribution in [0.3, 0.4) is 0 Å². The molecule has 0 radical (unpaired) electrons. The second-order valence-corrected chi connectivity index (χ2v) is 6.19. The number of hydrogen-bond acceptors (Lipinski definition) is 3. The molecular weight excluding hydrogens is 234 g/mol. The highest BCUT2D eigenvalue weighted by Crippen LogP contribution is 2.18. The van der Waals surface area contributed by atoms with Crippen molar-refractivity contribution in [2.45, 2.75) is 40.5 Å². The first-order chi connectivity index (χ1) is 9.24. The van der Waals surface area contributed by atoms with Crippen molar-refractivity contribution in [1.29, 1.82) is 0 Å². The van der Waals surface area contributed by atoms with Gasteiger partial charge in [-0.1, -0.05) is 27.7 Å². The van der Waals surface area contributed by atoms with Crippen LogP contribution in [0.2, 0.25) is 0 Å². The summed E-state index contributed by atoms with van der Waals surface area (Å²) in [5, 5.41) is 3.43. The maximum absolute atomic E-state index is 3.43. The Balaban J connectivity index is 0.000000861. The molecule has 2 saturated heterocycles. The van der Waals surface area contributed by atoms with Gasteiger partial charge in [0.15, 0.2) is 0 Å². The molecule has 0 saturated carbocycles. The molecule has 0 aromatic rings. The molecule has 0 spiro atoms. The van der Waals surface area contributed by atoms with Crippen molar-refractivity contribution in [3.05, 3.63) is 0 Å². The molecule has 0 bridgehead atoms. The van der Waals surface area contributed by atoms with Crippen LogP contribution in [0.15, 0.2) is 0 Å². The number of hydrogen-bond donors (Lipinski definition) is 1. The molecule has 0 aliphatic carbocycles. The Labute approximate surface area is 120 Å². The summed E-state index contributed by atoms with van der Waals surface area (Å²) in [6.07, 6.45) is 2.78. The SMILES string of the molecule is CC.CC(C)CCN1CC[C@@H](CN2CCNCC2)C1. The van der Waals surface area contributed by atoms with Crippen molar-refractivity contribution in [2.75, 3.05) is 52.4 Å². The lowest BCUT2D eigenvalue weighted by Gasteiger charge is -2.29. The van der Waals surface area contributed by atoms with E-state index in [0.29, 0.717) is 0 Å². The molecule has 0 aromatic heterocycles. The van der Waals surface area contributed by atoms with Gasteiger partial charge in [0.2, 0.25) is 0 Å². The summed E-state index contributed by atoms with van der Waals surface area (Å²) in [5.74, 6) is 1.78. The first-order valence-corrected chi connectivity index (χ1v) is 8.39. The molecule has 3 nitrogen and oxygen atoms in total. The molecule has 2 heterocycles. The monoisotopic (exact) mass is 269 g/mol. The first-order valence-electron chi connectivity index (χ1n) is 8.39. The van der Waals surface area contributed by atoms with E-state index in [-0.39, 0.29) is 0 Å². The van der Waals surface area contributed by atoms with Crippen molar-refractivity contribution in [1.82, 2.24) is 15.1 Å². The molecule has 0 amide bonds. The normalized spacial score (nSPS) is 25.4. The van der Waals surface area contributed by atoms with Crippen LogP contribution in [0, 0.1) is 11.8 Å². The van der Waals surface area contributed by atoms with Crippen LogP contribution in [0.5, 0.6) is 0 Å². The molecule has 1 atom stereocenters. The van der Waals surface area contributed by atoms with E-state index in [0.717, 1.165) is 11.8 Å². The van der Waals surface area contributed by atoms with Crippen molar-refractivity contribution < 1.29 is 0 Å². The zero-order chi connectivity index (χ0) is 14.1. The van der Waals surface area contributed by atoms with Crippen molar-refractivity contribution in [3.63, 3.8) is 0 Å². The van der Waals surface area contributed by atoms with E-state index in [2.05, 4.69) is 29.0 Å². The van der Waals surface area contributed by atoms with E-state index in [1.54, 1.807) is 0 Å². The second-order valence-electron chi connectivity index (χ2n) is 6.19. The Morgan fingerprint density at radius 2 is 1.74 bits per heavy atom. The third-order valence-corrected chi connectivity index (χ3v) is 4.12. The van der Waals surface area contributed by atoms with E-state index in [4.69, 9.17) is 0 Å². The Morgan fingerprint density at radius 1 is 1.05 bits per heavy atom. The molecule has 2 rings (SSSR count). The highest BCUT2D eigenvalue weighted by Gasteiger charge is 2.24. The quantitative estimate of drug-likeness (QED) is 0.826. The van der Waals surface area contributed by atoms with Gasteiger partial charge in [0, 0.05) is 39.3 Å². The van der Waals surface area contributed by atoms with Gasteiger partial charge < -0.3 is 15.1 Å². The van der Waals surface area contributed by atoms with Gasteiger partial charge in [0.1, 0.15) is 0 Å². The third kappa shape index (κ3) is 6.73. The molecule has 114 valence electrons. The fourth-order valence-electron chi connectivity index (χ4n) is 2.96. The summed E-state index contributed by atoms with van der Waals surface area (Å²) in [4.78, 5) is 5.32. The van der Waals surface area contributed by atoms with Crippen molar-refractivity contribution in [3.8, 4) is 0 Å². The Kier molecular flexibility index (Phi) is 8.67. The highest BCUT2D eigenvalue weighted by molar-refractivity contribution is 4.80. The lowest BCUT2D eigenvalue weighted by Crippen LogP contribution is -2.45. The van der Waals surface area contributed by atoms with Crippen LogP contribution in [0.4, 0.5) is 0 Å². The molecule has 0 aromatic carbocycles. The zero-order valence-corrected chi connectivity index (χ0v) is 13.6. The number of likely N-dealkylation sites (tertiary alicyclic amines) is 1.